The maximum absolute atomic E-state index is 13.5. The summed E-state index contributed by atoms with van der Waals surface area (Å²) in [7, 11) is 0.829. The minimum atomic E-state index is -8.63. The van der Waals surface area contributed by atoms with Gasteiger partial charge >= 0.3 is 47.6 Å². The number of halogens is 17. The van der Waals surface area contributed by atoms with Crippen LogP contribution >= 0.6 is 0 Å². The SMILES string of the molecule is CN(C=O)CCCC(F)(F)C(F)(F)C(F)(F)C(F)(F)C(F)(F)C(F)(F)C(F)(F)C(F)(F)F. The van der Waals surface area contributed by atoms with Gasteiger partial charge in [-0.25, -0.2) is 0 Å². The number of alkyl halides is 17. The molecule has 0 spiro atoms. The summed E-state index contributed by atoms with van der Waals surface area (Å²) in [6.45, 7) is -0.914. The van der Waals surface area contributed by atoms with Crippen LogP contribution in [0.2, 0.25) is 0 Å². The zero-order valence-electron chi connectivity index (χ0n) is 15.0. The molecule has 0 atom stereocenters. The summed E-state index contributed by atoms with van der Waals surface area (Å²) in [5.74, 6) is -56.2. The molecule has 0 saturated heterocycles. The van der Waals surface area contributed by atoms with Gasteiger partial charge in [-0.05, 0) is 6.42 Å². The Morgan fingerprint density at radius 1 is 0.562 bits per heavy atom. The van der Waals surface area contributed by atoms with Crippen LogP contribution < -0.4 is 0 Å². The van der Waals surface area contributed by atoms with Crippen molar-refractivity contribution in [2.24, 2.45) is 0 Å². The first kappa shape index (κ1) is 30.3. The standard InChI is InChI=1S/C13H10F17NO/c1-31(5-32)4-2-3-6(14,15)7(16,17)8(18,19)9(20,21)10(22,23)11(24,25)12(26,27)13(28,29)30/h5H,2-4H2,1H3. The normalized spacial score (nSPS) is 15.7. The number of hydrogen-bond donors (Lipinski definition) is 0. The van der Waals surface area contributed by atoms with Crippen molar-refractivity contribution < 1.29 is 79.4 Å². The van der Waals surface area contributed by atoms with Gasteiger partial charge in [0.2, 0.25) is 6.41 Å². The molecular formula is C13H10F17NO. The Morgan fingerprint density at radius 3 is 1.19 bits per heavy atom. The Morgan fingerprint density at radius 2 is 0.875 bits per heavy atom. The molecular weight excluding hydrogens is 509 g/mol. The number of carbonyl (C=O) groups is 1. The third-order valence-corrected chi connectivity index (χ3v) is 3.97. The molecule has 19 heteroatoms. The maximum Gasteiger partial charge on any atom is 0.460 e. The van der Waals surface area contributed by atoms with E-state index in [0.717, 1.165) is 7.05 Å². The Labute approximate surface area is 166 Å². The van der Waals surface area contributed by atoms with Crippen LogP contribution in [-0.2, 0) is 4.79 Å². The van der Waals surface area contributed by atoms with Gasteiger partial charge in [0.1, 0.15) is 0 Å². The third-order valence-electron chi connectivity index (χ3n) is 3.97. The van der Waals surface area contributed by atoms with E-state index in [1.165, 1.54) is 0 Å². The molecule has 2 nitrogen and oxygen atoms in total. The molecule has 0 radical (unpaired) electrons. The van der Waals surface area contributed by atoms with Crippen molar-refractivity contribution in [1.29, 1.82) is 0 Å². The number of amides is 1. The van der Waals surface area contributed by atoms with Crippen LogP contribution in [0.5, 0.6) is 0 Å². The van der Waals surface area contributed by atoms with Gasteiger partial charge in [0.05, 0.1) is 0 Å². The van der Waals surface area contributed by atoms with Crippen LogP contribution in [0.25, 0.3) is 0 Å². The highest BCUT2D eigenvalue weighted by atomic mass is 19.4. The Bertz CT molecular complexity index is 668. The highest BCUT2D eigenvalue weighted by Gasteiger charge is 2.95. The van der Waals surface area contributed by atoms with Crippen LogP contribution in [0.15, 0.2) is 0 Å². The molecule has 0 aliphatic carbocycles. The van der Waals surface area contributed by atoms with Gasteiger partial charge in [-0.15, -0.1) is 0 Å². The second-order valence-corrected chi connectivity index (χ2v) is 6.34. The molecule has 0 aromatic rings. The van der Waals surface area contributed by atoms with Crippen molar-refractivity contribution in [1.82, 2.24) is 4.90 Å². The van der Waals surface area contributed by atoms with Crippen molar-refractivity contribution in [3.8, 4) is 0 Å². The molecule has 0 aromatic carbocycles. The topological polar surface area (TPSA) is 20.3 Å². The van der Waals surface area contributed by atoms with E-state index in [1.807, 2.05) is 0 Å². The minimum Gasteiger partial charge on any atom is -0.348 e. The summed E-state index contributed by atoms with van der Waals surface area (Å²) in [5.41, 5.74) is 0. The Hall–Kier alpha value is -1.72. The lowest BCUT2D eigenvalue weighted by Crippen LogP contribution is -2.74. The molecule has 0 aromatic heterocycles. The van der Waals surface area contributed by atoms with E-state index in [2.05, 4.69) is 0 Å². The van der Waals surface area contributed by atoms with Gasteiger partial charge in [-0.2, -0.15) is 74.6 Å². The van der Waals surface area contributed by atoms with E-state index < -0.39 is 67.0 Å². The monoisotopic (exact) mass is 519 g/mol. The molecule has 0 aliphatic rings. The van der Waals surface area contributed by atoms with Crippen LogP contribution in [-0.4, -0.2) is 72.5 Å². The Balaban J connectivity index is 6.38. The lowest BCUT2D eigenvalue weighted by atomic mass is 9.88. The second kappa shape index (κ2) is 8.25. The van der Waals surface area contributed by atoms with Crippen molar-refractivity contribution >= 4 is 6.41 Å². The molecule has 0 fully saturated rings. The molecule has 0 bridgehead atoms. The Kier molecular flexibility index (Phi) is 7.81. The molecule has 32 heavy (non-hydrogen) atoms. The number of carbonyl (C=O) groups excluding carboxylic acids is 1. The minimum absolute atomic E-state index is 0.109. The van der Waals surface area contributed by atoms with Crippen LogP contribution in [0.4, 0.5) is 74.6 Å². The van der Waals surface area contributed by atoms with Gasteiger partial charge in [0.25, 0.3) is 0 Å². The molecule has 0 unspecified atom stereocenters. The average Bonchev–Trinajstić information content (AvgIpc) is 2.59. The summed E-state index contributed by atoms with van der Waals surface area (Å²) < 4.78 is 221. The fraction of sp³-hybridized carbons (Fsp3) is 0.923. The first-order valence-electron chi connectivity index (χ1n) is 7.57. The van der Waals surface area contributed by atoms with Gasteiger partial charge in [0.15, 0.2) is 0 Å². The fourth-order valence-electron chi connectivity index (χ4n) is 1.96. The summed E-state index contributed by atoms with van der Waals surface area (Å²) in [4.78, 5) is 10.6. The smallest absolute Gasteiger partial charge is 0.348 e. The fourth-order valence-corrected chi connectivity index (χ4v) is 1.96. The molecule has 1 amide bonds. The van der Waals surface area contributed by atoms with Crippen molar-refractivity contribution in [2.75, 3.05) is 13.6 Å². The zero-order valence-corrected chi connectivity index (χ0v) is 15.0. The van der Waals surface area contributed by atoms with Crippen LogP contribution in [0.3, 0.4) is 0 Å². The largest absolute Gasteiger partial charge is 0.460 e. The lowest BCUT2D eigenvalue weighted by molar-refractivity contribution is -0.461. The van der Waals surface area contributed by atoms with Gasteiger partial charge in [-0.3, -0.25) is 4.79 Å². The van der Waals surface area contributed by atoms with Crippen LogP contribution in [0, 0.1) is 0 Å². The van der Waals surface area contributed by atoms with E-state index in [4.69, 9.17) is 0 Å². The maximum atomic E-state index is 13.5. The molecule has 0 aliphatic heterocycles. The summed E-state index contributed by atoms with van der Waals surface area (Å²) in [6, 6.07) is 0. The van der Waals surface area contributed by atoms with Gasteiger partial charge < -0.3 is 4.90 Å². The van der Waals surface area contributed by atoms with E-state index in [9.17, 15) is 79.4 Å². The van der Waals surface area contributed by atoms with Crippen molar-refractivity contribution in [3.05, 3.63) is 0 Å². The molecule has 192 valence electrons. The third kappa shape index (κ3) is 4.26. The van der Waals surface area contributed by atoms with E-state index in [1.54, 1.807) is 0 Å². The highest BCUT2D eigenvalue weighted by Crippen LogP contribution is 2.64. The quantitative estimate of drug-likeness (QED) is 0.247. The van der Waals surface area contributed by atoms with Crippen LogP contribution in [0.1, 0.15) is 12.8 Å². The summed E-state index contributed by atoms with van der Waals surface area (Å²) in [6.07, 6.45) is -11.8. The van der Waals surface area contributed by atoms with E-state index in [-0.39, 0.29) is 6.41 Å². The van der Waals surface area contributed by atoms with E-state index >= 15 is 0 Å². The highest BCUT2D eigenvalue weighted by molar-refractivity contribution is 5.46. The molecule has 0 rings (SSSR count). The average molecular weight is 519 g/mol. The summed E-state index contributed by atoms with van der Waals surface area (Å²) in [5, 5.41) is 0. The first-order chi connectivity index (χ1) is 13.7. The van der Waals surface area contributed by atoms with E-state index in [0.29, 0.717) is 4.90 Å². The van der Waals surface area contributed by atoms with Gasteiger partial charge in [0, 0.05) is 20.0 Å². The predicted molar refractivity (Wildman–Crippen MR) is 68.6 cm³/mol. The zero-order chi connectivity index (χ0) is 26.4. The summed E-state index contributed by atoms with van der Waals surface area (Å²) >= 11 is 0. The molecule has 0 heterocycles. The van der Waals surface area contributed by atoms with Crippen molar-refractivity contribution in [3.63, 3.8) is 0 Å². The van der Waals surface area contributed by atoms with Gasteiger partial charge in [-0.1, -0.05) is 0 Å². The van der Waals surface area contributed by atoms with Crippen molar-refractivity contribution in [2.45, 2.75) is 60.5 Å². The lowest BCUT2D eigenvalue weighted by Gasteiger charge is -2.42. The number of rotatable bonds is 11. The molecule has 0 saturated carbocycles. The first-order valence-corrected chi connectivity index (χ1v) is 7.57. The molecule has 0 N–H and O–H groups in total. The predicted octanol–water partition coefficient (Wildman–Crippen LogP) is 5.86. The number of hydrogen-bond acceptors (Lipinski definition) is 1. The number of nitrogens with zero attached hydrogens (tertiary/aromatic N) is 1. The second-order valence-electron chi connectivity index (χ2n) is 6.34.